The first-order valence-electron chi connectivity index (χ1n) is 8.91. The van der Waals surface area contributed by atoms with Crippen molar-refractivity contribution in [2.75, 3.05) is 6.61 Å². The molecule has 1 aliphatic rings. The van der Waals surface area contributed by atoms with Crippen molar-refractivity contribution in [3.63, 3.8) is 0 Å². The number of benzene rings is 1. The van der Waals surface area contributed by atoms with E-state index in [-0.39, 0.29) is 35.6 Å². The van der Waals surface area contributed by atoms with Gasteiger partial charge in [0.1, 0.15) is 11.4 Å². The second-order valence-electron chi connectivity index (χ2n) is 8.02. The Labute approximate surface area is 155 Å². The van der Waals surface area contributed by atoms with Crippen molar-refractivity contribution in [1.29, 1.82) is 0 Å². The lowest BCUT2D eigenvalue weighted by Gasteiger charge is -2.20. The fraction of sp³-hybridized carbons (Fsp3) is 0.524. The van der Waals surface area contributed by atoms with Crippen molar-refractivity contribution in [1.82, 2.24) is 0 Å². The highest BCUT2D eigenvalue weighted by molar-refractivity contribution is 5.87. The van der Waals surface area contributed by atoms with Crippen LogP contribution in [0.25, 0.3) is 0 Å². The summed E-state index contributed by atoms with van der Waals surface area (Å²) in [4.78, 5) is 24.8. The van der Waals surface area contributed by atoms with Gasteiger partial charge in [0.2, 0.25) is 5.76 Å². The van der Waals surface area contributed by atoms with Gasteiger partial charge in [-0.2, -0.15) is 0 Å². The topological polar surface area (TPSA) is 61.8 Å². The molecule has 1 aliphatic carbocycles. The van der Waals surface area contributed by atoms with Crippen LogP contribution in [0.2, 0.25) is 0 Å². The molecule has 0 saturated heterocycles. The van der Waals surface area contributed by atoms with Gasteiger partial charge in [-0.3, -0.25) is 4.79 Å². The van der Waals surface area contributed by atoms with Crippen LogP contribution in [0, 0.1) is 17.3 Å². The first kappa shape index (κ1) is 20.0. The molecule has 0 heterocycles. The van der Waals surface area contributed by atoms with Crippen LogP contribution in [0.4, 0.5) is 0 Å². The number of rotatable bonds is 6. The van der Waals surface area contributed by atoms with E-state index in [2.05, 4.69) is 0 Å². The highest BCUT2D eigenvalue weighted by atomic mass is 16.6. The summed E-state index contributed by atoms with van der Waals surface area (Å²) in [6.07, 6.45) is 1.69. The maximum atomic E-state index is 12.5. The number of allylic oxidation sites excluding steroid dienone is 1. The van der Waals surface area contributed by atoms with E-state index < -0.39 is 11.6 Å². The molecule has 2 rings (SSSR count). The molecule has 5 nitrogen and oxygen atoms in total. The molecule has 0 N–H and O–H groups in total. The summed E-state index contributed by atoms with van der Waals surface area (Å²) < 4.78 is 16.3. The van der Waals surface area contributed by atoms with Crippen molar-refractivity contribution in [2.24, 2.45) is 17.3 Å². The van der Waals surface area contributed by atoms with Crippen LogP contribution in [0.3, 0.4) is 0 Å². The molecule has 2 atom stereocenters. The molecule has 142 valence electrons. The normalized spacial score (nSPS) is 21.7. The van der Waals surface area contributed by atoms with Crippen LogP contribution >= 0.6 is 0 Å². The maximum Gasteiger partial charge on any atom is 0.373 e. The van der Waals surface area contributed by atoms with Gasteiger partial charge in [0.15, 0.2) is 0 Å². The van der Waals surface area contributed by atoms with Gasteiger partial charge in [-0.15, -0.1) is 0 Å². The zero-order chi connectivity index (χ0) is 19.5. The quantitative estimate of drug-likeness (QED) is 0.434. The van der Waals surface area contributed by atoms with Crippen LogP contribution in [0.5, 0.6) is 5.75 Å². The molecule has 0 aliphatic heterocycles. The molecular formula is C21H28O5. The van der Waals surface area contributed by atoms with Gasteiger partial charge < -0.3 is 14.2 Å². The molecule has 0 spiro atoms. The standard InChI is InChI=1S/C21H28O5/c1-7-24-18(22)16(25-14-11-9-8-10-12-14)13-15-17(21(15,5)6)19(23)26-20(2,3)4/h8-13,15,17H,7H2,1-6H3/t15-,17+/m0/s1. The summed E-state index contributed by atoms with van der Waals surface area (Å²) in [6, 6.07) is 9.03. The van der Waals surface area contributed by atoms with Crippen LogP contribution in [0.1, 0.15) is 41.5 Å². The molecule has 0 bridgehead atoms. The van der Waals surface area contributed by atoms with Crippen LogP contribution in [-0.2, 0) is 19.1 Å². The van der Waals surface area contributed by atoms with Crippen LogP contribution in [-0.4, -0.2) is 24.1 Å². The van der Waals surface area contributed by atoms with Crippen LogP contribution < -0.4 is 4.74 Å². The van der Waals surface area contributed by atoms with Gasteiger partial charge in [-0.05, 0) is 51.3 Å². The Morgan fingerprint density at radius 1 is 1.15 bits per heavy atom. The minimum Gasteiger partial charge on any atom is -0.460 e. The Bertz CT molecular complexity index is 682. The third-order valence-electron chi connectivity index (χ3n) is 4.35. The average Bonchev–Trinajstić information content (AvgIpc) is 3.07. The second kappa shape index (κ2) is 7.52. The summed E-state index contributed by atoms with van der Waals surface area (Å²) in [6.45, 7) is 11.5. The van der Waals surface area contributed by atoms with Crippen molar-refractivity contribution >= 4 is 11.9 Å². The van der Waals surface area contributed by atoms with E-state index in [1.165, 1.54) is 0 Å². The van der Waals surface area contributed by atoms with E-state index in [0.29, 0.717) is 5.75 Å². The lowest BCUT2D eigenvalue weighted by Crippen LogP contribution is -2.26. The molecule has 1 fully saturated rings. The molecule has 0 unspecified atom stereocenters. The predicted molar refractivity (Wildman–Crippen MR) is 98.4 cm³/mol. The Balaban J connectivity index is 2.22. The van der Waals surface area contributed by atoms with Gasteiger partial charge in [0.25, 0.3) is 0 Å². The van der Waals surface area contributed by atoms with Gasteiger partial charge in [-0.1, -0.05) is 32.0 Å². The first-order valence-corrected chi connectivity index (χ1v) is 8.91. The van der Waals surface area contributed by atoms with Crippen molar-refractivity contribution in [3.05, 3.63) is 42.2 Å². The molecule has 26 heavy (non-hydrogen) atoms. The molecule has 5 heteroatoms. The van der Waals surface area contributed by atoms with Gasteiger partial charge in [0, 0.05) is 5.92 Å². The number of esters is 2. The Hall–Kier alpha value is -2.30. The SMILES string of the molecule is CCOC(=O)C(=C[C@H]1[C@H](C(=O)OC(C)(C)C)C1(C)C)Oc1ccccc1. The number of hydrogen-bond donors (Lipinski definition) is 0. The Kier molecular flexibility index (Phi) is 5.79. The third kappa shape index (κ3) is 4.87. The lowest BCUT2D eigenvalue weighted by atomic mass is 10.1. The summed E-state index contributed by atoms with van der Waals surface area (Å²) in [7, 11) is 0. The second-order valence-corrected chi connectivity index (χ2v) is 8.02. The smallest absolute Gasteiger partial charge is 0.373 e. The minimum atomic E-state index is -0.547. The molecular weight excluding hydrogens is 332 g/mol. The van der Waals surface area contributed by atoms with Crippen molar-refractivity contribution in [3.8, 4) is 5.75 Å². The zero-order valence-corrected chi connectivity index (χ0v) is 16.4. The van der Waals surface area contributed by atoms with Crippen LogP contribution in [0.15, 0.2) is 42.2 Å². The molecule has 1 aromatic rings. The number of carbonyl (C=O) groups excluding carboxylic acids is 2. The van der Waals surface area contributed by atoms with E-state index in [1.54, 1.807) is 25.1 Å². The van der Waals surface area contributed by atoms with E-state index in [0.717, 1.165) is 0 Å². The predicted octanol–water partition coefficient (Wildman–Crippen LogP) is 4.13. The monoisotopic (exact) mass is 360 g/mol. The fourth-order valence-corrected chi connectivity index (χ4v) is 2.93. The molecule has 1 saturated carbocycles. The number of carbonyl (C=O) groups is 2. The van der Waals surface area contributed by atoms with Crippen molar-refractivity contribution < 1.29 is 23.8 Å². The van der Waals surface area contributed by atoms with Gasteiger partial charge in [0.05, 0.1) is 12.5 Å². The van der Waals surface area contributed by atoms with Gasteiger partial charge in [-0.25, -0.2) is 4.79 Å². The maximum absolute atomic E-state index is 12.5. The molecule has 0 amide bonds. The summed E-state index contributed by atoms with van der Waals surface area (Å²) >= 11 is 0. The molecule has 0 aromatic heterocycles. The lowest BCUT2D eigenvalue weighted by molar-refractivity contribution is -0.157. The first-order chi connectivity index (χ1) is 12.1. The zero-order valence-electron chi connectivity index (χ0n) is 16.4. The number of ether oxygens (including phenoxy) is 3. The van der Waals surface area contributed by atoms with E-state index in [9.17, 15) is 9.59 Å². The number of hydrogen-bond acceptors (Lipinski definition) is 5. The fourth-order valence-electron chi connectivity index (χ4n) is 2.93. The Morgan fingerprint density at radius 3 is 2.31 bits per heavy atom. The van der Waals surface area contributed by atoms with E-state index >= 15 is 0 Å². The van der Waals surface area contributed by atoms with E-state index in [4.69, 9.17) is 14.2 Å². The third-order valence-corrected chi connectivity index (χ3v) is 4.35. The summed E-state index contributed by atoms with van der Waals surface area (Å²) in [5.74, 6) is -0.624. The summed E-state index contributed by atoms with van der Waals surface area (Å²) in [5, 5.41) is 0. The summed E-state index contributed by atoms with van der Waals surface area (Å²) in [5.41, 5.74) is -0.853. The highest BCUT2D eigenvalue weighted by Crippen LogP contribution is 2.60. The molecule has 1 aromatic carbocycles. The van der Waals surface area contributed by atoms with Gasteiger partial charge >= 0.3 is 11.9 Å². The van der Waals surface area contributed by atoms with E-state index in [1.807, 2.05) is 52.8 Å². The highest BCUT2D eigenvalue weighted by Gasteiger charge is 2.62. The van der Waals surface area contributed by atoms with Crippen molar-refractivity contribution in [2.45, 2.75) is 47.1 Å². The largest absolute Gasteiger partial charge is 0.460 e. The molecule has 0 radical (unpaired) electrons. The minimum absolute atomic E-state index is 0.0992. The number of para-hydroxylation sites is 1. The Morgan fingerprint density at radius 2 is 1.77 bits per heavy atom. The average molecular weight is 360 g/mol.